The van der Waals surface area contributed by atoms with Crippen LogP contribution >= 0.6 is 0 Å². The first-order valence-electron chi connectivity index (χ1n) is 16.4. The summed E-state index contributed by atoms with van der Waals surface area (Å²) in [4.78, 5) is 64.6. The van der Waals surface area contributed by atoms with Gasteiger partial charge in [-0.05, 0) is 47.4 Å². The van der Waals surface area contributed by atoms with Crippen molar-refractivity contribution in [3.8, 4) is 5.75 Å². The summed E-state index contributed by atoms with van der Waals surface area (Å²) >= 11 is 0. The van der Waals surface area contributed by atoms with Gasteiger partial charge in [0.15, 0.2) is 0 Å². The molecule has 0 saturated heterocycles. The summed E-state index contributed by atoms with van der Waals surface area (Å²) in [6.45, 7) is 10.5. The van der Waals surface area contributed by atoms with E-state index < -0.39 is 60.4 Å². The average molecular weight is 669 g/mol. The molecule has 0 aromatic heterocycles. The number of hydrogen-bond acceptors (Lipinski definition) is 7. The molecule has 264 valence electrons. The number of aliphatic carboxylic acids is 1. The van der Waals surface area contributed by atoms with Crippen LogP contribution in [0.3, 0.4) is 0 Å². The number of amides is 4. The Morgan fingerprint density at radius 1 is 0.729 bits per heavy atom. The van der Waals surface area contributed by atoms with Crippen LogP contribution in [0, 0.1) is 17.8 Å². The lowest BCUT2D eigenvalue weighted by Gasteiger charge is -2.30. The van der Waals surface area contributed by atoms with Crippen molar-refractivity contribution in [3.63, 3.8) is 0 Å². The summed E-state index contributed by atoms with van der Waals surface area (Å²) in [5, 5.41) is 31.7. The molecule has 2 aromatic rings. The molecule has 0 aliphatic rings. The Balaban J connectivity index is 2.21. The zero-order valence-electron chi connectivity index (χ0n) is 29.0. The molecule has 0 aliphatic heterocycles. The number of carbonyl (C=O) groups excluding carboxylic acids is 4. The highest BCUT2D eigenvalue weighted by atomic mass is 16.5. The van der Waals surface area contributed by atoms with Gasteiger partial charge in [0.1, 0.15) is 23.9 Å². The normalized spacial score (nSPS) is 15.0. The highest BCUT2D eigenvalue weighted by Gasteiger charge is 2.33. The molecule has 0 heterocycles. The van der Waals surface area contributed by atoms with Gasteiger partial charge in [0, 0.05) is 0 Å². The molecule has 0 spiro atoms. The average Bonchev–Trinajstić information content (AvgIpc) is 3.04. The summed E-state index contributed by atoms with van der Waals surface area (Å²) in [5.41, 5.74) is 1.51. The number of carboxylic acids is 1. The molecule has 12 nitrogen and oxygen atoms in total. The molecule has 0 aliphatic carbocycles. The van der Waals surface area contributed by atoms with Gasteiger partial charge in [-0.1, -0.05) is 90.4 Å². The highest BCUT2D eigenvalue weighted by Crippen LogP contribution is 2.15. The van der Waals surface area contributed by atoms with E-state index in [2.05, 4.69) is 21.3 Å². The number of nitrogens with one attached hydrogen (secondary N) is 4. The van der Waals surface area contributed by atoms with Crippen molar-refractivity contribution in [1.29, 1.82) is 0 Å². The second-order valence-corrected chi connectivity index (χ2v) is 12.9. The number of hydrogen-bond donors (Lipinski definition) is 6. The van der Waals surface area contributed by atoms with Gasteiger partial charge in [-0.2, -0.15) is 0 Å². The minimum Gasteiger partial charge on any atom is -0.497 e. The third-order valence-corrected chi connectivity index (χ3v) is 8.29. The molecule has 2 aromatic carbocycles. The Morgan fingerprint density at radius 2 is 1.31 bits per heavy atom. The highest BCUT2D eigenvalue weighted by molar-refractivity contribution is 5.91. The first kappa shape index (κ1) is 39.7. The SMILES string of the molecule is CC[C@H](C)[C@H](NC(=O)CC(O)C(Cc1ccccc1)NC(=O)[C@@H](NC(=O)Cc1cccc(OC)c1)C(C)C)C(=O)N[C@H](C(=O)O)C(C)C. The summed E-state index contributed by atoms with van der Waals surface area (Å²) in [6.07, 6.45) is -1.07. The Morgan fingerprint density at radius 3 is 1.88 bits per heavy atom. The number of aliphatic hydroxyl groups is 1. The van der Waals surface area contributed by atoms with E-state index in [1.807, 2.05) is 37.3 Å². The van der Waals surface area contributed by atoms with Crippen LogP contribution in [0.1, 0.15) is 65.5 Å². The van der Waals surface area contributed by atoms with Crippen molar-refractivity contribution in [2.45, 2.75) is 97.5 Å². The van der Waals surface area contributed by atoms with Crippen LogP contribution in [0.25, 0.3) is 0 Å². The number of methoxy groups -OCH3 is 1. The number of ether oxygens (including phenoxy) is 1. The molecule has 6 N–H and O–H groups in total. The van der Waals surface area contributed by atoms with Crippen molar-refractivity contribution in [2.75, 3.05) is 7.11 Å². The van der Waals surface area contributed by atoms with E-state index in [9.17, 15) is 34.2 Å². The number of carbonyl (C=O) groups is 5. The molecule has 48 heavy (non-hydrogen) atoms. The zero-order valence-corrected chi connectivity index (χ0v) is 29.0. The van der Waals surface area contributed by atoms with Gasteiger partial charge in [-0.3, -0.25) is 19.2 Å². The van der Waals surface area contributed by atoms with Crippen LogP contribution < -0.4 is 26.0 Å². The van der Waals surface area contributed by atoms with Crippen LogP contribution in [0.5, 0.6) is 5.75 Å². The van der Waals surface area contributed by atoms with Crippen LogP contribution in [-0.2, 0) is 36.8 Å². The van der Waals surface area contributed by atoms with Crippen molar-refractivity contribution < 1.29 is 38.9 Å². The van der Waals surface area contributed by atoms with E-state index in [0.29, 0.717) is 17.7 Å². The monoisotopic (exact) mass is 668 g/mol. The molecule has 0 radical (unpaired) electrons. The lowest BCUT2D eigenvalue weighted by molar-refractivity contribution is -0.143. The fourth-order valence-corrected chi connectivity index (χ4v) is 5.17. The van der Waals surface area contributed by atoms with Gasteiger partial charge in [0.25, 0.3) is 0 Å². The summed E-state index contributed by atoms with van der Waals surface area (Å²) in [5.74, 6) is -3.75. The molecule has 4 amide bonds. The Kier molecular flexibility index (Phi) is 16.0. The number of aliphatic hydroxyl groups excluding tert-OH is 1. The van der Waals surface area contributed by atoms with E-state index in [4.69, 9.17) is 4.74 Å². The molecule has 2 unspecified atom stereocenters. The molecular formula is C36H52N4O8. The van der Waals surface area contributed by atoms with Gasteiger partial charge in [-0.15, -0.1) is 0 Å². The summed E-state index contributed by atoms with van der Waals surface area (Å²) in [7, 11) is 1.54. The predicted molar refractivity (Wildman–Crippen MR) is 182 cm³/mol. The molecule has 0 saturated carbocycles. The minimum atomic E-state index is -1.36. The lowest BCUT2D eigenvalue weighted by atomic mass is 9.95. The first-order valence-corrected chi connectivity index (χ1v) is 16.4. The van der Waals surface area contributed by atoms with Crippen molar-refractivity contribution >= 4 is 29.6 Å². The van der Waals surface area contributed by atoms with Crippen LogP contribution in [0.2, 0.25) is 0 Å². The van der Waals surface area contributed by atoms with E-state index in [0.717, 1.165) is 5.56 Å². The topological polar surface area (TPSA) is 183 Å². The Hall–Kier alpha value is -4.45. The maximum absolute atomic E-state index is 13.6. The Bertz CT molecular complexity index is 1370. The van der Waals surface area contributed by atoms with Crippen molar-refractivity contribution in [1.82, 2.24) is 21.3 Å². The fourth-order valence-electron chi connectivity index (χ4n) is 5.17. The third kappa shape index (κ3) is 12.6. The van der Waals surface area contributed by atoms with E-state index in [1.54, 1.807) is 58.9 Å². The van der Waals surface area contributed by atoms with Gasteiger partial charge in [0.05, 0.1) is 32.1 Å². The number of rotatable bonds is 19. The van der Waals surface area contributed by atoms with Crippen molar-refractivity contribution in [3.05, 3.63) is 65.7 Å². The molecule has 0 bridgehead atoms. The largest absolute Gasteiger partial charge is 0.497 e. The standard InChI is InChI=1S/C36H52N4O8/c1-8-23(6)33(35(45)40-32(22(4)5)36(46)47)39-30(43)20-28(41)27(18-24-13-10-9-11-14-24)37-34(44)31(21(2)3)38-29(42)19-25-15-12-16-26(17-25)48-7/h9-17,21-23,27-28,31-33,41H,8,18-20H2,1-7H3,(H,37,44)(H,38,42)(H,39,43)(H,40,45)(H,46,47)/t23-,27?,28?,31-,32-,33-/m0/s1. The first-order chi connectivity index (χ1) is 22.7. The second kappa shape index (κ2) is 19.4. The van der Waals surface area contributed by atoms with Crippen molar-refractivity contribution in [2.24, 2.45) is 17.8 Å². The molecule has 12 heteroatoms. The van der Waals surface area contributed by atoms with E-state index in [-0.39, 0.29) is 36.5 Å². The van der Waals surface area contributed by atoms with Gasteiger partial charge in [-0.25, -0.2) is 4.79 Å². The minimum absolute atomic E-state index is 0.0270. The molecule has 6 atom stereocenters. The molecule has 0 fully saturated rings. The van der Waals surface area contributed by atoms with Gasteiger partial charge >= 0.3 is 5.97 Å². The molecule has 2 rings (SSSR count). The van der Waals surface area contributed by atoms with Gasteiger partial charge in [0.2, 0.25) is 23.6 Å². The lowest BCUT2D eigenvalue weighted by Crippen LogP contribution is -2.57. The fraction of sp³-hybridized carbons (Fsp3) is 0.528. The quantitative estimate of drug-likeness (QED) is 0.132. The van der Waals surface area contributed by atoms with Gasteiger partial charge < -0.3 is 36.2 Å². The van der Waals surface area contributed by atoms with E-state index >= 15 is 0 Å². The Labute approximate surface area is 283 Å². The summed E-state index contributed by atoms with van der Waals surface area (Å²) < 4.78 is 5.23. The maximum Gasteiger partial charge on any atom is 0.326 e. The number of carboxylic acid groups (broad SMARTS) is 1. The number of benzene rings is 2. The molecular weight excluding hydrogens is 616 g/mol. The maximum atomic E-state index is 13.6. The zero-order chi connectivity index (χ0) is 36.0. The van der Waals surface area contributed by atoms with Crippen LogP contribution in [0.4, 0.5) is 0 Å². The third-order valence-electron chi connectivity index (χ3n) is 8.29. The van der Waals surface area contributed by atoms with E-state index in [1.165, 1.54) is 7.11 Å². The summed E-state index contributed by atoms with van der Waals surface area (Å²) in [6, 6.07) is 12.2. The smallest absolute Gasteiger partial charge is 0.326 e. The van der Waals surface area contributed by atoms with Crippen LogP contribution in [-0.4, -0.2) is 77.2 Å². The van der Waals surface area contributed by atoms with Crippen LogP contribution in [0.15, 0.2) is 54.6 Å². The predicted octanol–water partition coefficient (Wildman–Crippen LogP) is 2.61. The second-order valence-electron chi connectivity index (χ2n) is 12.9.